The molecule has 1 aliphatic heterocycles. The molecular weight excluding hydrogens is 364 g/mol. The van der Waals surface area contributed by atoms with Crippen LogP contribution in [0.5, 0.6) is 5.75 Å². The van der Waals surface area contributed by atoms with Crippen LogP contribution in [0.1, 0.15) is 50.1 Å². The molecular formula is C24H34N2O3. The summed E-state index contributed by atoms with van der Waals surface area (Å²) >= 11 is 0. The summed E-state index contributed by atoms with van der Waals surface area (Å²) in [6.45, 7) is 3.96. The number of morpholine rings is 1. The summed E-state index contributed by atoms with van der Waals surface area (Å²) in [7, 11) is 1.71. The molecule has 0 aromatic heterocycles. The van der Waals surface area contributed by atoms with Crippen LogP contribution >= 0.6 is 0 Å². The smallest absolute Gasteiger partial charge is 0.226 e. The van der Waals surface area contributed by atoms with Crippen LogP contribution in [-0.2, 0) is 9.53 Å². The SMILES string of the molecule is COc1cccc(C(CNC(=O)C23CC4CC(CC(C4)C2)C3)N2CCOCC2)c1. The third kappa shape index (κ3) is 3.79. The Labute approximate surface area is 174 Å². The van der Waals surface area contributed by atoms with Gasteiger partial charge in [0.15, 0.2) is 0 Å². The zero-order valence-corrected chi connectivity index (χ0v) is 17.6. The van der Waals surface area contributed by atoms with Gasteiger partial charge in [-0.15, -0.1) is 0 Å². The van der Waals surface area contributed by atoms with Crippen molar-refractivity contribution in [1.29, 1.82) is 0 Å². The van der Waals surface area contributed by atoms with Crippen molar-refractivity contribution in [3.8, 4) is 5.75 Å². The highest BCUT2D eigenvalue weighted by Gasteiger charge is 2.54. The van der Waals surface area contributed by atoms with Crippen LogP contribution in [0.25, 0.3) is 0 Å². The lowest BCUT2D eigenvalue weighted by atomic mass is 9.49. The molecule has 1 amide bonds. The fourth-order valence-electron chi connectivity index (χ4n) is 6.96. The molecule has 5 nitrogen and oxygen atoms in total. The third-order valence-electron chi connectivity index (χ3n) is 7.94. The molecule has 5 aliphatic rings. The van der Waals surface area contributed by atoms with Gasteiger partial charge in [-0.25, -0.2) is 0 Å². The van der Waals surface area contributed by atoms with E-state index in [0.717, 1.165) is 69.1 Å². The van der Waals surface area contributed by atoms with E-state index in [1.165, 1.54) is 24.8 Å². The number of benzene rings is 1. The third-order valence-corrected chi connectivity index (χ3v) is 7.94. The molecule has 29 heavy (non-hydrogen) atoms. The average Bonchev–Trinajstić information content (AvgIpc) is 2.74. The summed E-state index contributed by atoms with van der Waals surface area (Å²) in [5, 5.41) is 3.41. The lowest BCUT2D eigenvalue weighted by Gasteiger charge is -2.55. The Hall–Kier alpha value is -1.59. The molecule has 4 aliphatic carbocycles. The second-order valence-corrected chi connectivity index (χ2v) is 9.85. The molecule has 4 bridgehead atoms. The topological polar surface area (TPSA) is 50.8 Å². The molecule has 1 unspecified atom stereocenters. The standard InChI is InChI=1S/C24H34N2O3/c1-28-21-4-2-3-20(12-21)22(26-5-7-29-8-6-26)16-25-23(27)24-13-17-9-18(14-24)11-19(10-17)15-24/h2-4,12,17-19,22H,5-11,13-16H2,1H3,(H,25,27). The molecule has 1 heterocycles. The summed E-state index contributed by atoms with van der Waals surface area (Å²) < 4.78 is 11.0. The molecule has 1 atom stereocenters. The van der Waals surface area contributed by atoms with Gasteiger partial charge in [-0.3, -0.25) is 9.69 Å². The second kappa shape index (κ2) is 7.92. The van der Waals surface area contributed by atoms with Crippen molar-refractivity contribution in [3.05, 3.63) is 29.8 Å². The Morgan fingerprint density at radius 1 is 1.17 bits per heavy atom. The number of hydrogen-bond acceptors (Lipinski definition) is 4. The van der Waals surface area contributed by atoms with E-state index >= 15 is 0 Å². The van der Waals surface area contributed by atoms with Crippen molar-refractivity contribution in [1.82, 2.24) is 10.2 Å². The number of amides is 1. The van der Waals surface area contributed by atoms with Gasteiger partial charge in [-0.2, -0.15) is 0 Å². The quantitative estimate of drug-likeness (QED) is 0.798. The van der Waals surface area contributed by atoms with E-state index in [0.29, 0.717) is 12.5 Å². The first-order valence-corrected chi connectivity index (χ1v) is 11.4. The summed E-state index contributed by atoms with van der Waals surface area (Å²) in [6.07, 6.45) is 7.46. The Kier molecular flexibility index (Phi) is 5.29. The molecule has 0 radical (unpaired) electrons. The maximum Gasteiger partial charge on any atom is 0.226 e. The van der Waals surface area contributed by atoms with Crippen LogP contribution in [0.4, 0.5) is 0 Å². The Bertz CT molecular complexity index is 708. The van der Waals surface area contributed by atoms with Gasteiger partial charge in [0.25, 0.3) is 0 Å². The van der Waals surface area contributed by atoms with Crippen molar-refractivity contribution in [2.24, 2.45) is 23.2 Å². The molecule has 158 valence electrons. The highest BCUT2D eigenvalue weighted by Crippen LogP contribution is 2.60. The predicted molar refractivity (Wildman–Crippen MR) is 112 cm³/mol. The average molecular weight is 399 g/mol. The van der Waals surface area contributed by atoms with Crippen molar-refractivity contribution in [2.45, 2.75) is 44.6 Å². The molecule has 0 spiro atoms. The minimum Gasteiger partial charge on any atom is -0.497 e. The van der Waals surface area contributed by atoms with E-state index in [9.17, 15) is 4.79 Å². The van der Waals surface area contributed by atoms with Gasteiger partial charge in [0, 0.05) is 25.0 Å². The van der Waals surface area contributed by atoms with E-state index in [4.69, 9.17) is 9.47 Å². The van der Waals surface area contributed by atoms with Crippen LogP contribution in [-0.4, -0.2) is 50.8 Å². The Balaban J connectivity index is 1.32. The van der Waals surface area contributed by atoms with Crippen molar-refractivity contribution >= 4 is 5.91 Å². The van der Waals surface area contributed by atoms with Crippen molar-refractivity contribution in [3.63, 3.8) is 0 Å². The molecule has 1 aromatic rings. The maximum absolute atomic E-state index is 13.5. The van der Waals surface area contributed by atoms with E-state index in [-0.39, 0.29) is 11.5 Å². The first-order chi connectivity index (χ1) is 14.1. The van der Waals surface area contributed by atoms with E-state index < -0.39 is 0 Å². The summed E-state index contributed by atoms with van der Waals surface area (Å²) in [6, 6.07) is 8.44. The number of carbonyl (C=O) groups excluding carboxylic acids is 1. The van der Waals surface area contributed by atoms with E-state index in [1.54, 1.807) is 7.11 Å². The number of ether oxygens (including phenoxy) is 2. The fourth-order valence-corrected chi connectivity index (χ4v) is 6.96. The highest BCUT2D eigenvalue weighted by molar-refractivity contribution is 5.83. The van der Waals surface area contributed by atoms with Crippen LogP contribution in [0.15, 0.2) is 24.3 Å². The lowest BCUT2D eigenvalue weighted by Crippen LogP contribution is -2.54. The molecule has 4 saturated carbocycles. The van der Waals surface area contributed by atoms with Gasteiger partial charge in [0.2, 0.25) is 5.91 Å². The van der Waals surface area contributed by atoms with Gasteiger partial charge in [-0.1, -0.05) is 12.1 Å². The Morgan fingerprint density at radius 3 is 2.45 bits per heavy atom. The number of carbonyl (C=O) groups is 1. The summed E-state index contributed by atoms with van der Waals surface area (Å²) in [4.78, 5) is 15.9. The first kappa shape index (κ1) is 19.4. The van der Waals surface area contributed by atoms with Gasteiger partial charge >= 0.3 is 0 Å². The van der Waals surface area contributed by atoms with Crippen molar-refractivity contribution in [2.75, 3.05) is 40.0 Å². The number of methoxy groups -OCH3 is 1. The minimum absolute atomic E-state index is 0.0846. The molecule has 5 heteroatoms. The largest absolute Gasteiger partial charge is 0.497 e. The maximum atomic E-state index is 13.5. The predicted octanol–water partition coefficient (Wildman–Crippen LogP) is 3.40. The van der Waals surface area contributed by atoms with Crippen LogP contribution in [0, 0.1) is 23.2 Å². The lowest BCUT2D eigenvalue weighted by molar-refractivity contribution is -0.146. The number of nitrogens with zero attached hydrogens (tertiary/aromatic N) is 1. The monoisotopic (exact) mass is 398 g/mol. The minimum atomic E-state index is -0.0846. The Morgan fingerprint density at radius 2 is 1.83 bits per heavy atom. The highest BCUT2D eigenvalue weighted by atomic mass is 16.5. The van der Waals surface area contributed by atoms with Gasteiger partial charge in [-0.05, 0) is 74.0 Å². The molecule has 1 saturated heterocycles. The second-order valence-electron chi connectivity index (χ2n) is 9.85. The first-order valence-electron chi connectivity index (χ1n) is 11.4. The van der Waals surface area contributed by atoms with E-state index in [2.05, 4.69) is 22.3 Å². The van der Waals surface area contributed by atoms with Gasteiger partial charge in [0.1, 0.15) is 5.75 Å². The molecule has 5 fully saturated rings. The molecule has 6 rings (SSSR count). The summed E-state index contributed by atoms with van der Waals surface area (Å²) in [5.74, 6) is 3.56. The number of nitrogens with one attached hydrogen (secondary N) is 1. The zero-order chi connectivity index (χ0) is 19.8. The van der Waals surface area contributed by atoms with E-state index in [1.807, 2.05) is 12.1 Å². The zero-order valence-electron chi connectivity index (χ0n) is 17.6. The number of rotatable bonds is 6. The van der Waals surface area contributed by atoms with Crippen LogP contribution in [0.2, 0.25) is 0 Å². The van der Waals surface area contributed by atoms with Crippen LogP contribution in [0.3, 0.4) is 0 Å². The number of hydrogen-bond donors (Lipinski definition) is 1. The fraction of sp³-hybridized carbons (Fsp3) is 0.708. The van der Waals surface area contributed by atoms with Gasteiger partial charge in [0.05, 0.1) is 26.4 Å². The van der Waals surface area contributed by atoms with Crippen LogP contribution < -0.4 is 10.1 Å². The van der Waals surface area contributed by atoms with Crippen molar-refractivity contribution < 1.29 is 14.3 Å². The summed E-state index contributed by atoms with van der Waals surface area (Å²) in [5.41, 5.74) is 1.12. The normalized spacial score (nSPS) is 34.7. The molecule has 1 N–H and O–H groups in total. The molecule has 1 aromatic carbocycles. The van der Waals surface area contributed by atoms with Gasteiger partial charge < -0.3 is 14.8 Å².